The van der Waals surface area contributed by atoms with Gasteiger partial charge in [-0.1, -0.05) is 26.8 Å². The number of H-pyrrole nitrogens is 1. The normalized spacial score (nSPS) is 15.1. The van der Waals surface area contributed by atoms with Crippen molar-refractivity contribution in [2.45, 2.75) is 59.3 Å². The molecule has 35 heavy (non-hydrogen) atoms. The second-order valence-corrected chi connectivity index (χ2v) is 10.1. The number of nitrogens with zero attached hydrogens (tertiary/aromatic N) is 4. The highest BCUT2D eigenvalue weighted by atomic mass is 16.2. The van der Waals surface area contributed by atoms with E-state index in [-0.39, 0.29) is 5.91 Å². The van der Waals surface area contributed by atoms with E-state index in [4.69, 9.17) is 0 Å². The Labute approximate surface area is 206 Å². The summed E-state index contributed by atoms with van der Waals surface area (Å²) < 4.78 is 1.88. The molecule has 7 nitrogen and oxygen atoms in total. The number of aromatic amines is 1. The van der Waals surface area contributed by atoms with Gasteiger partial charge in [-0.05, 0) is 79.5 Å². The summed E-state index contributed by atoms with van der Waals surface area (Å²) in [6.07, 6.45) is 5.74. The van der Waals surface area contributed by atoms with Gasteiger partial charge in [-0.2, -0.15) is 5.10 Å². The van der Waals surface area contributed by atoms with Crippen LogP contribution in [0.15, 0.2) is 30.7 Å². The van der Waals surface area contributed by atoms with Gasteiger partial charge >= 0.3 is 0 Å². The zero-order valence-corrected chi connectivity index (χ0v) is 21.5. The summed E-state index contributed by atoms with van der Waals surface area (Å²) in [7, 11) is 0. The van der Waals surface area contributed by atoms with Crippen molar-refractivity contribution >= 4 is 22.5 Å². The van der Waals surface area contributed by atoms with Gasteiger partial charge in [0.05, 0.1) is 12.2 Å². The van der Waals surface area contributed by atoms with Crippen LogP contribution in [0.2, 0.25) is 0 Å². The summed E-state index contributed by atoms with van der Waals surface area (Å²) in [6.45, 7) is 13.8. The highest BCUT2D eigenvalue weighted by Gasteiger charge is 2.25. The van der Waals surface area contributed by atoms with Crippen LogP contribution in [0.5, 0.6) is 0 Å². The molecule has 0 aliphatic carbocycles. The lowest BCUT2D eigenvalue weighted by molar-refractivity contribution is -0.131. The van der Waals surface area contributed by atoms with Crippen LogP contribution in [0.4, 0.5) is 0 Å². The molecule has 0 spiro atoms. The Bertz CT molecular complexity index is 1370. The summed E-state index contributed by atoms with van der Waals surface area (Å²) in [5.74, 6) is 1.07. The van der Waals surface area contributed by atoms with Crippen molar-refractivity contribution in [3.8, 4) is 11.3 Å². The van der Waals surface area contributed by atoms with E-state index in [9.17, 15) is 4.79 Å². The molecule has 7 heteroatoms. The lowest BCUT2D eigenvalue weighted by atomic mass is 9.87. The molecule has 0 unspecified atom stereocenters. The largest absolute Gasteiger partial charge is 0.354 e. The maximum absolute atomic E-state index is 12.4. The second kappa shape index (κ2) is 9.46. The molecule has 1 amide bonds. The van der Waals surface area contributed by atoms with Gasteiger partial charge < -0.3 is 15.2 Å². The summed E-state index contributed by atoms with van der Waals surface area (Å²) in [6, 6.07) is 6.90. The number of amides is 1. The lowest BCUT2D eigenvalue weighted by Gasteiger charge is -2.32. The summed E-state index contributed by atoms with van der Waals surface area (Å²) in [4.78, 5) is 22.6. The first-order chi connectivity index (χ1) is 16.9. The minimum absolute atomic E-state index is 0.216. The third kappa shape index (κ3) is 4.22. The number of carbonyl (C=O) groups is 1. The molecule has 1 saturated heterocycles. The molecule has 1 fully saturated rings. The predicted octanol–water partition coefficient (Wildman–Crippen LogP) is 4.93. The molecule has 5 rings (SSSR count). The minimum Gasteiger partial charge on any atom is -0.354 e. The van der Waals surface area contributed by atoms with Crippen LogP contribution in [0, 0.1) is 13.8 Å². The van der Waals surface area contributed by atoms with E-state index in [1.165, 1.54) is 38.9 Å². The Morgan fingerprint density at radius 1 is 1.20 bits per heavy atom. The average molecular weight is 473 g/mol. The number of likely N-dealkylation sites (N-methyl/N-ethyl adjacent to an activating group) is 1. The Kier molecular flexibility index (Phi) is 6.36. The molecule has 0 radical (unpaired) electrons. The zero-order chi connectivity index (χ0) is 24.7. The van der Waals surface area contributed by atoms with Gasteiger partial charge in [-0.15, -0.1) is 0 Å². The number of carbonyl (C=O) groups excluding carboxylic acids is 1. The Morgan fingerprint density at radius 2 is 1.97 bits per heavy atom. The fraction of sp³-hybridized carbons (Fsp3) is 0.464. The number of hydrogen-bond donors (Lipinski definition) is 2. The van der Waals surface area contributed by atoms with Gasteiger partial charge in [0.15, 0.2) is 5.65 Å². The standard InChI is InChI=1S/C28H36N6O/c1-6-29-14-25(35)33-11-9-20(10-12-33)21-7-8-24-22(13-21)26(17(2)3)27(32-24)23-15-34-28(30-16-31-34)19(5)18(23)4/h7-8,13,15-17,20,29,32H,6,9-12,14H2,1-5H3. The topological polar surface area (TPSA) is 78.3 Å². The van der Waals surface area contributed by atoms with Crippen molar-refractivity contribution < 1.29 is 4.79 Å². The van der Waals surface area contributed by atoms with E-state index in [0.29, 0.717) is 18.4 Å². The molecular formula is C28H36N6O. The highest BCUT2D eigenvalue weighted by molar-refractivity contribution is 5.92. The molecule has 1 aliphatic heterocycles. The monoisotopic (exact) mass is 472 g/mol. The number of rotatable bonds is 6. The number of benzene rings is 1. The maximum atomic E-state index is 12.4. The first kappa shape index (κ1) is 23.5. The average Bonchev–Trinajstić information content (AvgIpc) is 3.49. The Morgan fingerprint density at radius 3 is 2.69 bits per heavy atom. The zero-order valence-electron chi connectivity index (χ0n) is 21.5. The van der Waals surface area contributed by atoms with Crippen LogP contribution < -0.4 is 5.32 Å². The van der Waals surface area contributed by atoms with Crippen molar-refractivity contribution in [3.05, 3.63) is 53.0 Å². The summed E-state index contributed by atoms with van der Waals surface area (Å²) in [5.41, 5.74) is 9.54. The number of aryl methyl sites for hydroxylation is 1. The van der Waals surface area contributed by atoms with Crippen LogP contribution in [0.25, 0.3) is 27.8 Å². The van der Waals surface area contributed by atoms with Crippen molar-refractivity contribution in [1.29, 1.82) is 0 Å². The van der Waals surface area contributed by atoms with E-state index in [1.807, 2.05) is 16.3 Å². The van der Waals surface area contributed by atoms with Crippen molar-refractivity contribution in [1.82, 2.24) is 29.8 Å². The number of piperidine rings is 1. The molecule has 0 bridgehead atoms. The maximum Gasteiger partial charge on any atom is 0.236 e. The van der Waals surface area contributed by atoms with Crippen LogP contribution in [0.1, 0.15) is 67.7 Å². The van der Waals surface area contributed by atoms with Gasteiger partial charge in [0, 0.05) is 35.8 Å². The smallest absolute Gasteiger partial charge is 0.236 e. The second-order valence-electron chi connectivity index (χ2n) is 10.1. The highest BCUT2D eigenvalue weighted by Crippen LogP contribution is 2.39. The molecule has 3 aromatic heterocycles. The van der Waals surface area contributed by atoms with Crippen molar-refractivity contribution in [3.63, 3.8) is 0 Å². The number of aromatic nitrogens is 4. The fourth-order valence-corrected chi connectivity index (χ4v) is 5.56. The van der Waals surface area contributed by atoms with Crippen LogP contribution in [-0.2, 0) is 4.79 Å². The summed E-state index contributed by atoms with van der Waals surface area (Å²) >= 11 is 0. The van der Waals surface area contributed by atoms with E-state index in [0.717, 1.165) is 43.7 Å². The number of nitrogens with one attached hydrogen (secondary N) is 2. The summed E-state index contributed by atoms with van der Waals surface area (Å²) in [5, 5.41) is 8.86. The number of hydrogen-bond acceptors (Lipinski definition) is 4. The molecular weight excluding hydrogens is 436 g/mol. The molecule has 4 heterocycles. The van der Waals surface area contributed by atoms with E-state index >= 15 is 0 Å². The van der Waals surface area contributed by atoms with Crippen LogP contribution in [0.3, 0.4) is 0 Å². The Balaban J connectivity index is 1.49. The van der Waals surface area contributed by atoms with Gasteiger partial charge in [0.25, 0.3) is 0 Å². The molecule has 2 N–H and O–H groups in total. The van der Waals surface area contributed by atoms with Crippen LogP contribution in [-0.4, -0.2) is 56.6 Å². The quantitative estimate of drug-likeness (QED) is 0.417. The molecule has 1 aromatic carbocycles. The SMILES string of the molecule is CCNCC(=O)N1CCC(c2ccc3[nH]c(-c4cn5ncnc5c(C)c4C)c(C(C)C)c3c2)CC1. The van der Waals surface area contributed by atoms with Gasteiger partial charge in [0.1, 0.15) is 6.33 Å². The third-order valence-corrected chi connectivity index (χ3v) is 7.68. The molecule has 184 valence electrons. The molecule has 1 aliphatic rings. The van der Waals surface area contributed by atoms with Gasteiger partial charge in [-0.3, -0.25) is 4.79 Å². The van der Waals surface area contributed by atoms with Gasteiger partial charge in [-0.25, -0.2) is 9.50 Å². The molecule has 4 aromatic rings. The van der Waals surface area contributed by atoms with Crippen molar-refractivity contribution in [2.75, 3.05) is 26.2 Å². The lowest BCUT2D eigenvalue weighted by Crippen LogP contribution is -2.42. The number of pyridine rings is 1. The predicted molar refractivity (Wildman–Crippen MR) is 141 cm³/mol. The van der Waals surface area contributed by atoms with E-state index in [1.54, 1.807) is 6.33 Å². The number of likely N-dealkylation sites (tertiary alicyclic amines) is 1. The first-order valence-electron chi connectivity index (χ1n) is 12.8. The van der Waals surface area contributed by atoms with E-state index in [2.05, 4.69) is 72.5 Å². The number of fused-ring (bicyclic) bond motifs is 2. The van der Waals surface area contributed by atoms with E-state index < -0.39 is 0 Å². The van der Waals surface area contributed by atoms with Gasteiger partial charge in [0.2, 0.25) is 5.91 Å². The Hall–Kier alpha value is -3.19. The molecule has 0 saturated carbocycles. The third-order valence-electron chi connectivity index (χ3n) is 7.68. The van der Waals surface area contributed by atoms with Crippen LogP contribution >= 0.6 is 0 Å². The fourth-order valence-electron chi connectivity index (χ4n) is 5.56. The van der Waals surface area contributed by atoms with Crippen molar-refractivity contribution in [2.24, 2.45) is 0 Å². The minimum atomic E-state index is 0.216. The first-order valence-corrected chi connectivity index (χ1v) is 12.8. The molecule has 0 atom stereocenters.